The van der Waals surface area contributed by atoms with Crippen LogP contribution >= 0.6 is 11.6 Å². The molecule has 2 aromatic carbocycles. The minimum Gasteiger partial charge on any atom is -0.347 e. The Morgan fingerprint density at radius 1 is 1.07 bits per heavy atom. The molecule has 0 radical (unpaired) electrons. The molecule has 8 heteroatoms. The lowest BCUT2D eigenvalue weighted by Crippen LogP contribution is -2.24. The maximum Gasteiger partial charge on any atom is 0.274 e. The van der Waals surface area contributed by atoms with Crippen LogP contribution in [0.25, 0.3) is 11.4 Å². The van der Waals surface area contributed by atoms with Gasteiger partial charge in [0.1, 0.15) is 0 Å². The molecule has 1 amide bonds. The van der Waals surface area contributed by atoms with Crippen molar-refractivity contribution in [1.29, 1.82) is 0 Å². The highest BCUT2D eigenvalue weighted by molar-refractivity contribution is 6.30. The van der Waals surface area contributed by atoms with Gasteiger partial charge in [0.15, 0.2) is 5.69 Å². The molecule has 2 aromatic heterocycles. The number of hydrogen-bond acceptors (Lipinski definition) is 4. The molecule has 4 aromatic rings. The first-order chi connectivity index (χ1) is 13.6. The minimum atomic E-state index is -0.276. The number of amides is 1. The average Bonchev–Trinajstić information content (AvgIpc) is 3.36. The third-order valence-electron chi connectivity index (χ3n) is 4.19. The summed E-state index contributed by atoms with van der Waals surface area (Å²) in [4.78, 5) is 13.9. The predicted octanol–water partition coefficient (Wildman–Crippen LogP) is 3.34. The summed E-state index contributed by atoms with van der Waals surface area (Å²) >= 11 is 6.01. The van der Waals surface area contributed by atoms with Crippen molar-refractivity contribution < 1.29 is 4.79 Å². The predicted molar refractivity (Wildman–Crippen MR) is 106 cm³/mol. The molecule has 0 atom stereocenters. The SMILES string of the molecule is Cc1nn(-c2cccc(Cl)c2)nc1C(=O)NCc1ccc(-n2cccn2)cc1. The van der Waals surface area contributed by atoms with E-state index in [4.69, 9.17) is 11.6 Å². The highest BCUT2D eigenvalue weighted by atomic mass is 35.5. The van der Waals surface area contributed by atoms with Crippen LogP contribution in [0.5, 0.6) is 0 Å². The molecule has 28 heavy (non-hydrogen) atoms. The maximum atomic E-state index is 12.5. The van der Waals surface area contributed by atoms with Crippen molar-refractivity contribution in [3.05, 3.63) is 89.0 Å². The second-order valence-electron chi connectivity index (χ2n) is 6.20. The zero-order chi connectivity index (χ0) is 19.5. The lowest BCUT2D eigenvalue weighted by molar-refractivity contribution is 0.0945. The van der Waals surface area contributed by atoms with E-state index in [0.717, 1.165) is 11.3 Å². The van der Waals surface area contributed by atoms with Crippen LogP contribution in [0.3, 0.4) is 0 Å². The van der Waals surface area contributed by atoms with Crippen molar-refractivity contribution >= 4 is 17.5 Å². The molecule has 1 N–H and O–H groups in total. The van der Waals surface area contributed by atoms with E-state index in [1.165, 1.54) is 4.80 Å². The van der Waals surface area contributed by atoms with E-state index in [0.29, 0.717) is 22.9 Å². The third kappa shape index (κ3) is 3.79. The van der Waals surface area contributed by atoms with E-state index >= 15 is 0 Å². The van der Waals surface area contributed by atoms with Crippen molar-refractivity contribution in [1.82, 2.24) is 30.1 Å². The summed E-state index contributed by atoms with van der Waals surface area (Å²) in [6.07, 6.45) is 3.61. The van der Waals surface area contributed by atoms with Crippen LogP contribution in [-0.4, -0.2) is 30.7 Å². The number of carbonyl (C=O) groups is 1. The van der Waals surface area contributed by atoms with Gasteiger partial charge in [0, 0.05) is 24.0 Å². The molecule has 0 aliphatic heterocycles. The van der Waals surface area contributed by atoms with Crippen LogP contribution in [0.15, 0.2) is 67.0 Å². The fourth-order valence-electron chi connectivity index (χ4n) is 2.76. The summed E-state index contributed by atoms with van der Waals surface area (Å²) < 4.78 is 1.78. The number of nitrogens with one attached hydrogen (secondary N) is 1. The van der Waals surface area contributed by atoms with Crippen LogP contribution < -0.4 is 5.32 Å². The lowest BCUT2D eigenvalue weighted by Gasteiger charge is -2.06. The standard InChI is InChI=1S/C20H17ClN6O/c1-14-19(25-27(24-14)18-5-2-4-16(21)12-18)20(28)22-13-15-6-8-17(9-7-15)26-11-3-10-23-26/h2-12H,13H2,1H3,(H,22,28). The number of aryl methyl sites for hydroxylation is 1. The molecule has 0 bridgehead atoms. The average molecular weight is 393 g/mol. The third-order valence-corrected chi connectivity index (χ3v) is 4.43. The Kier molecular flexibility index (Phi) is 4.90. The molecule has 0 unspecified atom stereocenters. The summed E-state index contributed by atoms with van der Waals surface area (Å²) in [6, 6.07) is 16.8. The first-order valence-electron chi connectivity index (χ1n) is 8.67. The van der Waals surface area contributed by atoms with Crippen molar-refractivity contribution in [2.45, 2.75) is 13.5 Å². The second-order valence-corrected chi connectivity index (χ2v) is 6.64. The number of halogens is 1. The smallest absolute Gasteiger partial charge is 0.274 e. The fraction of sp³-hybridized carbons (Fsp3) is 0.100. The van der Waals surface area contributed by atoms with Crippen molar-refractivity contribution in [3.8, 4) is 11.4 Å². The highest BCUT2D eigenvalue weighted by Gasteiger charge is 2.16. The zero-order valence-electron chi connectivity index (χ0n) is 15.1. The van der Waals surface area contributed by atoms with E-state index in [1.807, 2.05) is 48.7 Å². The van der Waals surface area contributed by atoms with Crippen molar-refractivity contribution in [3.63, 3.8) is 0 Å². The summed E-state index contributed by atoms with van der Waals surface area (Å²) in [5.74, 6) is -0.276. The number of hydrogen-bond donors (Lipinski definition) is 1. The number of nitrogens with zero attached hydrogens (tertiary/aromatic N) is 5. The quantitative estimate of drug-likeness (QED) is 0.565. The van der Waals surface area contributed by atoms with Crippen LogP contribution in [0.4, 0.5) is 0 Å². The molecule has 0 aliphatic carbocycles. The molecule has 0 aliphatic rings. The molecule has 2 heterocycles. The number of rotatable bonds is 5. The molecule has 4 rings (SSSR count). The fourth-order valence-corrected chi connectivity index (χ4v) is 2.94. The van der Waals surface area contributed by atoms with Gasteiger partial charge in [-0.15, -0.1) is 5.10 Å². The Morgan fingerprint density at radius 2 is 1.89 bits per heavy atom. The normalized spacial score (nSPS) is 10.8. The van der Waals surface area contributed by atoms with E-state index < -0.39 is 0 Å². The van der Waals surface area contributed by atoms with Crippen molar-refractivity contribution in [2.24, 2.45) is 0 Å². The molecule has 0 saturated carbocycles. The highest BCUT2D eigenvalue weighted by Crippen LogP contribution is 2.15. The second kappa shape index (κ2) is 7.66. The molecule has 7 nitrogen and oxygen atoms in total. The van der Waals surface area contributed by atoms with Gasteiger partial charge in [-0.3, -0.25) is 4.79 Å². The van der Waals surface area contributed by atoms with Gasteiger partial charge in [0.05, 0.1) is 17.1 Å². The molecular formula is C20H17ClN6O. The van der Waals surface area contributed by atoms with Gasteiger partial charge >= 0.3 is 0 Å². The molecule has 0 saturated heterocycles. The Balaban J connectivity index is 1.44. The van der Waals surface area contributed by atoms with Gasteiger partial charge in [0.25, 0.3) is 5.91 Å². The van der Waals surface area contributed by atoms with E-state index in [1.54, 1.807) is 29.9 Å². The Morgan fingerprint density at radius 3 is 2.61 bits per heavy atom. The summed E-state index contributed by atoms with van der Waals surface area (Å²) in [6.45, 7) is 2.14. The van der Waals surface area contributed by atoms with Crippen molar-refractivity contribution in [2.75, 3.05) is 0 Å². The first-order valence-corrected chi connectivity index (χ1v) is 9.05. The summed E-state index contributed by atoms with van der Waals surface area (Å²) in [5.41, 5.74) is 3.47. The monoisotopic (exact) mass is 392 g/mol. The molecule has 0 spiro atoms. The Hall–Kier alpha value is -3.45. The number of aromatic nitrogens is 5. The van der Waals surface area contributed by atoms with E-state index in [2.05, 4.69) is 20.6 Å². The molecule has 140 valence electrons. The van der Waals surface area contributed by atoms with Crippen LogP contribution in [0.2, 0.25) is 5.02 Å². The minimum absolute atomic E-state index is 0.276. The van der Waals surface area contributed by atoms with Crippen LogP contribution in [-0.2, 0) is 6.54 Å². The lowest BCUT2D eigenvalue weighted by atomic mass is 10.2. The topological polar surface area (TPSA) is 77.6 Å². The zero-order valence-corrected chi connectivity index (χ0v) is 15.8. The van der Waals surface area contributed by atoms with Gasteiger partial charge in [-0.1, -0.05) is 29.8 Å². The van der Waals surface area contributed by atoms with Gasteiger partial charge in [-0.05, 0) is 48.9 Å². The first kappa shape index (κ1) is 17.9. The Bertz CT molecular complexity index is 1100. The summed E-state index contributed by atoms with van der Waals surface area (Å²) in [7, 11) is 0. The number of benzene rings is 2. The molecule has 0 fully saturated rings. The maximum absolute atomic E-state index is 12.5. The van der Waals surface area contributed by atoms with E-state index in [9.17, 15) is 4.79 Å². The molecular weight excluding hydrogens is 376 g/mol. The van der Waals surface area contributed by atoms with Crippen LogP contribution in [0.1, 0.15) is 21.7 Å². The Labute approximate surface area is 166 Å². The van der Waals surface area contributed by atoms with Gasteiger partial charge in [0.2, 0.25) is 0 Å². The van der Waals surface area contributed by atoms with E-state index in [-0.39, 0.29) is 11.6 Å². The van der Waals surface area contributed by atoms with Gasteiger partial charge in [-0.2, -0.15) is 15.0 Å². The van der Waals surface area contributed by atoms with Gasteiger partial charge < -0.3 is 5.32 Å². The van der Waals surface area contributed by atoms with Gasteiger partial charge in [-0.25, -0.2) is 4.68 Å². The number of carbonyl (C=O) groups excluding carboxylic acids is 1. The summed E-state index contributed by atoms with van der Waals surface area (Å²) in [5, 5.41) is 16.3. The van der Waals surface area contributed by atoms with Crippen LogP contribution in [0, 0.1) is 6.92 Å². The largest absolute Gasteiger partial charge is 0.347 e.